The van der Waals surface area contributed by atoms with Gasteiger partial charge in [0.15, 0.2) is 0 Å². The summed E-state index contributed by atoms with van der Waals surface area (Å²) in [5.41, 5.74) is 0.230. The number of esters is 1. The molecule has 0 aliphatic heterocycles. The van der Waals surface area contributed by atoms with Gasteiger partial charge in [-0.15, -0.1) is 5.10 Å². The molecule has 1 fully saturated rings. The van der Waals surface area contributed by atoms with Crippen molar-refractivity contribution in [1.29, 1.82) is 0 Å². The lowest BCUT2D eigenvalue weighted by Crippen LogP contribution is -2.23. The van der Waals surface area contributed by atoms with Gasteiger partial charge in [-0.25, -0.2) is 4.79 Å². The van der Waals surface area contributed by atoms with Crippen LogP contribution >= 0.6 is 0 Å². The average molecular weight is 298 g/mol. The number of carbonyl (C=O) groups excluding carboxylic acids is 1. The van der Waals surface area contributed by atoms with Crippen LogP contribution in [0.5, 0.6) is 5.88 Å². The van der Waals surface area contributed by atoms with Gasteiger partial charge in [-0.05, 0) is 25.7 Å². The SMILES string of the molecule is CCOC(=O)c1cc(OC(CO)CCOCC2CC2)n[nH]1. The summed E-state index contributed by atoms with van der Waals surface area (Å²) in [5, 5.41) is 15.7. The fourth-order valence-corrected chi connectivity index (χ4v) is 1.78. The van der Waals surface area contributed by atoms with Crippen LogP contribution in [0.1, 0.15) is 36.7 Å². The zero-order valence-corrected chi connectivity index (χ0v) is 12.2. The topological polar surface area (TPSA) is 93.7 Å². The van der Waals surface area contributed by atoms with E-state index in [1.807, 2.05) is 0 Å². The van der Waals surface area contributed by atoms with Crippen molar-refractivity contribution in [3.05, 3.63) is 11.8 Å². The van der Waals surface area contributed by atoms with Gasteiger partial charge in [0.05, 0.1) is 19.8 Å². The minimum Gasteiger partial charge on any atom is -0.471 e. The Kier molecular flexibility index (Phi) is 6.01. The third kappa shape index (κ3) is 5.35. The third-order valence-electron chi connectivity index (χ3n) is 3.18. The number of rotatable bonds is 10. The molecule has 1 aromatic rings. The fraction of sp³-hybridized carbons (Fsp3) is 0.714. The molecule has 2 rings (SSSR count). The predicted octanol–water partition coefficient (Wildman–Crippen LogP) is 1.14. The molecule has 1 aliphatic rings. The molecule has 1 aliphatic carbocycles. The van der Waals surface area contributed by atoms with Crippen molar-refractivity contribution < 1.29 is 24.1 Å². The van der Waals surface area contributed by atoms with Gasteiger partial charge in [-0.3, -0.25) is 5.10 Å². The first-order valence-corrected chi connectivity index (χ1v) is 7.30. The fourth-order valence-electron chi connectivity index (χ4n) is 1.78. The highest BCUT2D eigenvalue weighted by atomic mass is 16.5. The first-order valence-electron chi connectivity index (χ1n) is 7.30. The number of nitrogens with zero attached hydrogens (tertiary/aromatic N) is 1. The van der Waals surface area contributed by atoms with Crippen LogP contribution in [0.15, 0.2) is 6.07 Å². The number of hydrogen-bond acceptors (Lipinski definition) is 6. The molecule has 1 atom stereocenters. The van der Waals surface area contributed by atoms with E-state index < -0.39 is 12.1 Å². The highest BCUT2D eigenvalue weighted by Gasteiger charge is 2.21. The van der Waals surface area contributed by atoms with Crippen LogP contribution in [-0.4, -0.2) is 53.8 Å². The van der Waals surface area contributed by atoms with Crippen molar-refractivity contribution >= 4 is 5.97 Å². The maximum Gasteiger partial charge on any atom is 0.356 e. The van der Waals surface area contributed by atoms with E-state index in [2.05, 4.69) is 10.2 Å². The van der Waals surface area contributed by atoms with Gasteiger partial charge in [0.2, 0.25) is 5.88 Å². The summed E-state index contributed by atoms with van der Waals surface area (Å²) in [6, 6.07) is 1.46. The van der Waals surface area contributed by atoms with E-state index in [4.69, 9.17) is 14.2 Å². The summed E-state index contributed by atoms with van der Waals surface area (Å²) < 4.78 is 15.9. The monoisotopic (exact) mass is 298 g/mol. The number of aromatic nitrogens is 2. The molecule has 0 bridgehead atoms. The zero-order chi connectivity index (χ0) is 15.1. The van der Waals surface area contributed by atoms with E-state index in [9.17, 15) is 9.90 Å². The van der Waals surface area contributed by atoms with Crippen LogP contribution in [0.3, 0.4) is 0 Å². The second-order valence-electron chi connectivity index (χ2n) is 5.07. The van der Waals surface area contributed by atoms with Gasteiger partial charge in [-0.2, -0.15) is 0 Å². The summed E-state index contributed by atoms with van der Waals surface area (Å²) in [7, 11) is 0. The van der Waals surface area contributed by atoms with Crippen molar-refractivity contribution in [3.63, 3.8) is 0 Å². The van der Waals surface area contributed by atoms with Crippen molar-refractivity contribution in [2.75, 3.05) is 26.4 Å². The largest absolute Gasteiger partial charge is 0.471 e. The molecule has 0 radical (unpaired) electrons. The van der Waals surface area contributed by atoms with Crippen molar-refractivity contribution in [2.45, 2.75) is 32.3 Å². The Balaban J connectivity index is 1.73. The van der Waals surface area contributed by atoms with Crippen LogP contribution in [-0.2, 0) is 9.47 Å². The number of carbonyl (C=O) groups is 1. The summed E-state index contributed by atoms with van der Waals surface area (Å²) in [6.07, 6.45) is 2.68. The van der Waals surface area contributed by atoms with E-state index >= 15 is 0 Å². The van der Waals surface area contributed by atoms with Gasteiger partial charge in [0.1, 0.15) is 11.8 Å². The van der Waals surface area contributed by atoms with Crippen LogP contribution in [0.4, 0.5) is 0 Å². The van der Waals surface area contributed by atoms with E-state index in [1.165, 1.54) is 18.9 Å². The van der Waals surface area contributed by atoms with Gasteiger partial charge >= 0.3 is 5.97 Å². The Hall–Kier alpha value is -1.60. The van der Waals surface area contributed by atoms with Crippen LogP contribution < -0.4 is 4.74 Å². The molecule has 2 N–H and O–H groups in total. The van der Waals surface area contributed by atoms with Gasteiger partial charge < -0.3 is 19.3 Å². The Morgan fingerprint density at radius 1 is 1.57 bits per heavy atom. The number of H-pyrrole nitrogens is 1. The Bertz CT molecular complexity index is 444. The normalized spacial score (nSPS) is 15.7. The lowest BCUT2D eigenvalue weighted by Gasteiger charge is -2.14. The molecule has 21 heavy (non-hydrogen) atoms. The summed E-state index contributed by atoms with van der Waals surface area (Å²) in [4.78, 5) is 11.5. The molecular weight excluding hydrogens is 276 g/mol. The second-order valence-corrected chi connectivity index (χ2v) is 5.07. The summed E-state index contributed by atoms with van der Waals surface area (Å²) >= 11 is 0. The molecule has 0 spiro atoms. The molecule has 0 aromatic carbocycles. The van der Waals surface area contributed by atoms with Gasteiger partial charge in [0.25, 0.3) is 0 Å². The number of aliphatic hydroxyl groups is 1. The number of nitrogens with one attached hydrogen (secondary N) is 1. The van der Waals surface area contributed by atoms with Crippen LogP contribution in [0, 0.1) is 5.92 Å². The maximum atomic E-state index is 11.5. The van der Waals surface area contributed by atoms with Crippen molar-refractivity contribution in [1.82, 2.24) is 10.2 Å². The standard InChI is InChI=1S/C14H22N2O5/c1-2-20-14(18)12-7-13(16-15-12)21-11(8-17)5-6-19-9-10-3-4-10/h7,10-11,17H,2-6,8-9H2,1H3,(H,15,16). The number of aromatic amines is 1. The molecule has 0 saturated heterocycles. The molecule has 118 valence electrons. The summed E-state index contributed by atoms with van der Waals surface area (Å²) in [6.45, 7) is 3.22. The minimum atomic E-state index is -0.479. The molecule has 7 heteroatoms. The van der Waals surface area contributed by atoms with Crippen molar-refractivity contribution in [2.24, 2.45) is 5.92 Å². The third-order valence-corrected chi connectivity index (χ3v) is 3.18. The van der Waals surface area contributed by atoms with Gasteiger partial charge in [0, 0.05) is 19.1 Å². The quantitative estimate of drug-likeness (QED) is 0.497. The first kappa shape index (κ1) is 15.8. The molecule has 0 amide bonds. The predicted molar refractivity (Wildman–Crippen MR) is 74.2 cm³/mol. The number of aliphatic hydroxyl groups excluding tert-OH is 1. The molecule has 7 nitrogen and oxygen atoms in total. The lowest BCUT2D eigenvalue weighted by molar-refractivity contribution is 0.0517. The minimum absolute atomic E-state index is 0.131. The Labute approximate surface area is 123 Å². The summed E-state index contributed by atoms with van der Waals surface area (Å²) in [5.74, 6) is 0.504. The van der Waals surface area contributed by atoms with Crippen LogP contribution in [0.25, 0.3) is 0 Å². The van der Waals surface area contributed by atoms with Gasteiger partial charge in [-0.1, -0.05) is 0 Å². The maximum absolute atomic E-state index is 11.5. The molecular formula is C14H22N2O5. The smallest absolute Gasteiger partial charge is 0.356 e. The van der Waals surface area contributed by atoms with E-state index in [-0.39, 0.29) is 18.2 Å². The second kappa shape index (κ2) is 7.99. The number of hydrogen-bond donors (Lipinski definition) is 2. The van der Waals surface area contributed by atoms with E-state index in [0.29, 0.717) is 19.6 Å². The zero-order valence-electron chi connectivity index (χ0n) is 12.2. The highest BCUT2D eigenvalue weighted by molar-refractivity contribution is 5.87. The Morgan fingerprint density at radius 3 is 3.05 bits per heavy atom. The van der Waals surface area contributed by atoms with E-state index in [0.717, 1.165) is 12.5 Å². The molecule has 1 aromatic heterocycles. The highest BCUT2D eigenvalue weighted by Crippen LogP contribution is 2.28. The van der Waals surface area contributed by atoms with E-state index in [1.54, 1.807) is 6.92 Å². The number of ether oxygens (including phenoxy) is 3. The first-order chi connectivity index (χ1) is 10.2. The molecule has 1 heterocycles. The lowest BCUT2D eigenvalue weighted by atomic mass is 10.3. The van der Waals surface area contributed by atoms with Crippen molar-refractivity contribution in [3.8, 4) is 5.88 Å². The Morgan fingerprint density at radius 2 is 2.38 bits per heavy atom. The van der Waals surface area contributed by atoms with Crippen LogP contribution in [0.2, 0.25) is 0 Å². The molecule has 1 saturated carbocycles. The average Bonchev–Trinajstić information content (AvgIpc) is 3.19. The molecule has 1 unspecified atom stereocenters.